The van der Waals surface area contributed by atoms with Crippen molar-refractivity contribution in [2.24, 2.45) is 0 Å². The Morgan fingerprint density at radius 3 is 2.50 bits per heavy atom. The van der Waals surface area contributed by atoms with Crippen LogP contribution in [-0.4, -0.2) is 34.1 Å². The molecule has 0 bridgehead atoms. The molecule has 1 saturated heterocycles. The van der Waals surface area contributed by atoms with Gasteiger partial charge in [0, 0.05) is 48.9 Å². The van der Waals surface area contributed by atoms with E-state index in [2.05, 4.69) is 19.9 Å². The van der Waals surface area contributed by atoms with Crippen molar-refractivity contribution < 1.29 is 4.74 Å². The zero-order valence-corrected chi connectivity index (χ0v) is 12.6. The lowest BCUT2D eigenvalue weighted by atomic mass is 10.1. The lowest BCUT2D eigenvalue weighted by Gasteiger charge is -2.31. The van der Waals surface area contributed by atoms with Crippen LogP contribution < -0.4 is 9.64 Å². The highest BCUT2D eigenvalue weighted by Crippen LogP contribution is 2.22. The van der Waals surface area contributed by atoms with E-state index < -0.39 is 0 Å². The summed E-state index contributed by atoms with van der Waals surface area (Å²) in [6.45, 7) is 5.88. The summed E-state index contributed by atoms with van der Waals surface area (Å²) >= 11 is 1.55. The van der Waals surface area contributed by atoms with Gasteiger partial charge in [-0.2, -0.15) is 0 Å². The minimum Gasteiger partial charge on any atom is -0.467 e. The fourth-order valence-electron chi connectivity index (χ4n) is 2.43. The second-order valence-electron chi connectivity index (χ2n) is 5.05. The van der Waals surface area contributed by atoms with Crippen LogP contribution in [0.15, 0.2) is 17.6 Å². The molecule has 5 nitrogen and oxygen atoms in total. The molecule has 1 aliphatic rings. The van der Waals surface area contributed by atoms with Gasteiger partial charge in [-0.3, -0.25) is 0 Å². The molecule has 2 aromatic heterocycles. The van der Waals surface area contributed by atoms with Gasteiger partial charge in [0.15, 0.2) is 0 Å². The molecular formula is C14H18N4OS. The third kappa shape index (κ3) is 3.07. The lowest BCUT2D eigenvalue weighted by Crippen LogP contribution is -2.39. The maximum atomic E-state index is 5.87. The van der Waals surface area contributed by atoms with Gasteiger partial charge in [-0.1, -0.05) is 11.3 Å². The largest absolute Gasteiger partial charge is 0.467 e. The Labute approximate surface area is 122 Å². The number of thiazole rings is 1. The highest BCUT2D eigenvalue weighted by molar-refractivity contribution is 7.11. The van der Waals surface area contributed by atoms with E-state index >= 15 is 0 Å². The standard InChI is InChI=1S/C14H18N4OS/c1-10-9-11(2)17-13(16-10)18-6-3-12(4-7-18)19-14-15-5-8-20-14/h5,8-9,12H,3-4,6-7H2,1-2H3. The average Bonchev–Trinajstić information content (AvgIpc) is 2.91. The predicted octanol–water partition coefficient (Wildman–Crippen LogP) is 2.60. The number of hydrogen-bond donors (Lipinski definition) is 0. The number of nitrogens with zero attached hydrogens (tertiary/aromatic N) is 4. The number of aromatic nitrogens is 3. The molecule has 0 aromatic carbocycles. The summed E-state index contributed by atoms with van der Waals surface area (Å²) < 4.78 is 5.87. The normalized spacial score (nSPS) is 16.4. The Morgan fingerprint density at radius 2 is 1.90 bits per heavy atom. The van der Waals surface area contributed by atoms with Gasteiger partial charge in [0.05, 0.1) is 0 Å². The predicted molar refractivity (Wildman–Crippen MR) is 79.5 cm³/mol. The summed E-state index contributed by atoms with van der Waals surface area (Å²) in [5.74, 6) is 0.843. The maximum Gasteiger partial charge on any atom is 0.273 e. The van der Waals surface area contributed by atoms with Crippen LogP contribution in [0, 0.1) is 13.8 Å². The molecular weight excluding hydrogens is 272 g/mol. The van der Waals surface area contributed by atoms with E-state index in [1.807, 2.05) is 25.3 Å². The zero-order valence-electron chi connectivity index (χ0n) is 11.7. The van der Waals surface area contributed by atoms with Crippen LogP contribution in [0.3, 0.4) is 0 Å². The summed E-state index contributed by atoms with van der Waals surface area (Å²) in [4.78, 5) is 15.5. The van der Waals surface area contributed by atoms with Crippen molar-refractivity contribution in [3.63, 3.8) is 0 Å². The molecule has 0 aliphatic carbocycles. The van der Waals surface area contributed by atoms with Crippen molar-refractivity contribution in [3.8, 4) is 5.19 Å². The van der Waals surface area contributed by atoms with Gasteiger partial charge in [-0.05, 0) is 19.9 Å². The monoisotopic (exact) mass is 290 g/mol. The molecule has 2 aromatic rings. The number of aryl methyl sites for hydroxylation is 2. The highest BCUT2D eigenvalue weighted by atomic mass is 32.1. The first-order valence-electron chi connectivity index (χ1n) is 6.84. The van der Waals surface area contributed by atoms with Gasteiger partial charge in [0.2, 0.25) is 5.95 Å². The van der Waals surface area contributed by atoms with Gasteiger partial charge in [0.25, 0.3) is 5.19 Å². The van der Waals surface area contributed by atoms with Crippen LogP contribution in [0.4, 0.5) is 5.95 Å². The minimum atomic E-state index is 0.253. The highest BCUT2D eigenvalue weighted by Gasteiger charge is 2.23. The van der Waals surface area contributed by atoms with Crippen LogP contribution in [0.5, 0.6) is 5.19 Å². The van der Waals surface area contributed by atoms with Crippen LogP contribution >= 0.6 is 11.3 Å². The van der Waals surface area contributed by atoms with Gasteiger partial charge in [-0.15, -0.1) is 0 Å². The van der Waals surface area contributed by atoms with Gasteiger partial charge in [-0.25, -0.2) is 15.0 Å². The van der Waals surface area contributed by atoms with Gasteiger partial charge in [0.1, 0.15) is 6.10 Å². The second kappa shape index (κ2) is 5.75. The van der Waals surface area contributed by atoms with Crippen molar-refractivity contribution in [2.75, 3.05) is 18.0 Å². The van der Waals surface area contributed by atoms with Crippen molar-refractivity contribution in [1.29, 1.82) is 0 Å². The Kier molecular flexibility index (Phi) is 3.82. The summed E-state index contributed by atoms with van der Waals surface area (Å²) in [6.07, 6.45) is 3.99. The first kappa shape index (κ1) is 13.3. The lowest BCUT2D eigenvalue weighted by molar-refractivity contribution is 0.170. The number of anilines is 1. The summed E-state index contributed by atoms with van der Waals surface area (Å²) in [5, 5.41) is 2.71. The van der Waals surface area contributed by atoms with Crippen LogP contribution in [0.25, 0.3) is 0 Å². The molecule has 20 heavy (non-hydrogen) atoms. The van der Waals surface area contributed by atoms with Crippen molar-refractivity contribution in [3.05, 3.63) is 29.0 Å². The second-order valence-corrected chi connectivity index (χ2v) is 5.91. The molecule has 0 N–H and O–H groups in total. The average molecular weight is 290 g/mol. The number of hydrogen-bond acceptors (Lipinski definition) is 6. The smallest absolute Gasteiger partial charge is 0.273 e. The van der Waals surface area contributed by atoms with Crippen molar-refractivity contribution >= 4 is 17.3 Å². The first-order chi connectivity index (χ1) is 9.70. The molecule has 0 radical (unpaired) electrons. The Balaban J connectivity index is 1.60. The SMILES string of the molecule is Cc1cc(C)nc(N2CCC(Oc3nccs3)CC2)n1. The summed E-state index contributed by atoms with van der Waals surface area (Å²) in [7, 11) is 0. The molecule has 6 heteroatoms. The Bertz CT molecular complexity index is 544. The molecule has 1 fully saturated rings. The summed E-state index contributed by atoms with van der Waals surface area (Å²) in [5.41, 5.74) is 2.04. The number of piperidine rings is 1. The molecule has 0 atom stereocenters. The van der Waals surface area contributed by atoms with Crippen molar-refractivity contribution in [2.45, 2.75) is 32.8 Å². The quantitative estimate of drug-likeness (QED) is 0.869. The maximum absolute atomic E-state index is 5.87. The van der Waals surface area contributed by atoms with Crippen LogP contribution in [0.1, 0.15) is 24.2 Å². The van der Waals surface area contributed by atoms with Crippen molar-refractivity contribution in [1.82, 2.24) is 15.0 Å². The zero-order chi connectivity index (χ0) is 13.9. The number of ether oxygens (including phenoxy) is 1. The molecule has 0 amide bonds. The molecule has 0 unspecified atom stereocenters. The van der Waals surface area contributed by atoms with E-state index in [1.54, 1.807) is 17.5 Å². The third-order valence-corrected chi connectivity index (χ3v) is 4.03. The third-order valence-electron chi connectivity index (χ3n) is 3.37. The minimum absolute atomic E-state index is 0.253. The topological polar surface area (TPSA) is 51.1 Å². The van der Waals surface area contributed by atoms with E-state index in [0.717, 1.165) is 48.5 Å². The number of rotatable bonds is 3. The van der Waals surface area contributed by atoms with E-state index in [9.17, 15) is 0 Å². The molecule has 0 spiro atoms. The molecule has 106 valence electrons. The van der Waals surface area contributed by atoms with Gasteiger partial charge < -0.3 is 9.64 Å². The van der Waals surface area contributed by atoms with E-state index in [1.165, 1.54) is 0 Å². The fourth-order valence-corrected chi connectivity index (χ4v) is 2.99. The Hall–Kier alpha value is -1.69. The van der Waals surface area contributed by atoms with E-state index in [4.69, 9.17) is 4.74 Å². The molecule has 3 rings (SSSR count). The molecule has 0 saturated carbocycles. The van der Waals surface area contributed by atoms with E-state index in [0.29, 0.717) is 0 Å². The fraction of sp³-hybridized carbons (Fsp3) is 0.500. The molecule has 1 aliphatic heterocycles. The molecule has 3 heterocycles. The van der Waals surface area contributed by atoms with E-state index in [-0.39, 0.29) is 6.10 Å². The summed E-state index contributed by atoms with van der Waals surface area (Å²) in [6, 6.07) is 2.00. The Morgan fingerprint density at radius 1 is 1.20 bits per heavy atom. The van der Waals surface area contributed by atoms with Crippen LogP contribution in [-0.2, 0) is 0 Å². The first-order valence-corrected chi connectivity index (χ1v) is 7.72. The van der Waals surface area contributed by atoms with Crippen LogP contribution in [0.2, 0.25) is 0 Å². The van der Waals surface area contributed by atoms with Gasteiger partial charge >= 0.3 is 0 Å².